The molecule has 0 saturated carbocycles. The molecule has 1 aliphatic carbocycles. The van der Waals surface area contributed by atoms with E-state index in [0.29, 0.717) is 5.71 Å². The quantitative estimate of drug-likeness (QED) is 0.732. The molecule has 4 nitrogen and oxygen atoms in total. The van der Waals surface area contributed by atoms with Gasteiger partial charge in [0.05, 0.1) is 11.1 Å². The van der Waals surface area contributed by atoms with Crippen LogP contribution in [0.5, 0.6) is 0 Å². The number of pyridine rings is 1. The molecule has 1 aliphatic rings. The number of fused-ring (bicyclic) bond motifs is 2. The lowest BCUT2D eigenvalue weighted by atomic mass is 9.93. The van der Waals surface area contributed by atoms with Crippen molar-refractivity contribution in [2.75, 3.05) is 5.73 Å². The maximum Gasteiger partial charge on any atom is 0.260 e. The van der Waals surface area contributed by atoms with Crippen molar-refractivity contribution < 1.29 is 4.52 Å². The van der Waals surface area contributed by atoms with Gasteiger partial charge in [-0.2, -0.15) is 0 Å². The molecule has 0 saturated heterocycles. The molecule has 0 unspecified atom stereocenters. The van der Waals surface area contributed by atoms with E-state index in [9.17, 15) is 0 Å². The van der Waals surface area contributed by atoms with Crippen LogP contribution in [0, 0.1) is 0 Å². The van der Waals surface area contributed by atoms with Gasteiger partial charge in [0.25, 0.3) is 5.71 Å². The summed E-state index contributed by atoms with van der Waals surface area (Å²) in [5.74, 6) is 0. The van der Waals surface area contributed by atoms with Crippen LogP contribution in [0.25, 0.3) is 22.4 Å². The largest absolute Gasteiger partial charge is 0.398 e. The Morgan fingerprint density at radius 2 is 1.85 bits per heavy atom. The van der Waals surface area contributed by atoms with Gasteiger partial charge in [-0.3, -0.25) is 0 Å². The summed E-state index contributed by atoms with van der Waals surface area (Å²) >= 11 is 0. The van der Waals surface area contributed by atoms with Crippen LogP contribution in [0.15, 0.2) is 34.9 Å². The Hall–Kier alpha value is -2.36. The average molecular weight is 265 g/mol. The summed E-state index contributed by atoms with van der Waals surface area (Å²) in [7, 11) is 0. The van der Waals surface area contributed by atoms with E-state index >= 15 is 0 Å². The maximum absolute atomic E-state index is 6.38. The second-order valence-corrected chi connectivity index (χ2v) is 5.24. The number of hydrogen-bond donors (Lipinski definition) is 1. The molecule has 3 aromatic rings. The van der Waals surface area contributed by atoms with Gasteiger partial charge < -0.3 is 10.3 Å². The molecule has 0 amide bonds. The molecule has 0 spiro atoms. The zero-order valence-electron chi connectivity index (χ0n) is 11.1. The number of aryl methyl sites for hydroxylation is 1. The van der Waals surface area contributed by atoms with Crippen LogP contribution in [-0.2, 0) is 12.8 Å². The molecule has 0 aliphatic heterocycles. The first-order valence-electron chi connectivity index (χ1n) is 6.96. The molecule has 1 aromatic carbocycles. The molecule has 2 heterocycles. The van der Waals surface area contributed by atoms with Gasteiger partial charge in [-0.25, -0.2) is 4.98 Å². The summed E-state index contributed by atoms with van der Waals surface area (Å²) < 4.78 is 5.41. The SMILES string of the molecule is Nc1c2c(nc3onc(-c4ccccc4)c13)CCCC2. The fraction of sp³-hybridized carbons (Fsp3) is 0.250. The third-order valence-electron chi connectivity index (χ3n) is 3.99. The minimum Gasteiger partial charge on any atom is -0.398 e. The fourth-order valence-corrected chi connectivity index (χ4v) is 2.97. The lowest BCUT2D eigenvalue weighted by Gasteiger charge is -2.16. The first kappa shape index (κ1) is 11.5. The first-order chi connectivity index (χ1) is 9.84. The van der Waals surface area contributed by atoms with Crippen molar-refractivity contribution in [1.29, 1.82) is 0 Å². The molecule has 0 radical (unpaired) electrons. The van der Waals surface area contributed by atoms with Crippen LogP contribution in [0.3, 0.4) is 0 Å². The van der Waals surface area contributed by atoms with Crippen LogP contribution in [0.4, 0.5) is 5.69 Å². The molecular weight excluding hydrogens is 250 g/mol. The van der Waals surface area contributed by atoms with Crippen LogP contribution >= 0.6 is 0 Å². The number of benzene rings is 1. The van der Waals surface area contributed by atoms with Crippen LogP contribution in [0.2, 0.25) is 0 Å². The number of hydrogen-bond acceptors (Lipinski definition) is 4. The highest BCUT2D eigenvalue weighted by Crippen LogP contribution is 2.36. The van der Waals surface area contributed by atoms with E-state index in [-0.39, 0.29) is 0 Å². The van der Waals surface area contributed by atoms with E-state index in [1.165, 1.54) is 18.4 Å². The molecule has 20 heavy (non-hydrogen) atoms. The zero-order valence-corrected chi connectivity index (χ0v) is 11.1. The van der Waals surface area contributed by atoms with Crippen molar-refractivity contribution >= 4 is 16.8 Å². The number of anilines is 1. The van der Waals surface area contributed by atoms with Crippen molar-refractivity contribution in [2.45, 2.75) is 25.7 Å². The van der Waals surface area contributed by atoms with Gasteiger partial charge in [0, 0.05) is 11.3 Å². The topological polar surface area (TPSA) is 64.9 Å². The highest BCUT2D eigenvalue weighted by molar-refractivity contribution is 5.99. The molecule has 4 heteroatoms. The Labute approximate surface area is 116 Å². The Kier molecular flexibility index (Phi) is 2.49. The Morgan fingerprint density at radius 1 is 1.05 bits per heavy atom. The van der Waals surface area contributed by atoms with Crippen LogP contribution in [0.1, 0.15) is 24.1 Å². The second kappa shape index (κ2) is 4.34. The summed E-state index contributed by atoms with van der Waals surface area (Å²) in [5.41, 5.74) is 11.8. The third-order valence-corrected chi connectivity index (χ3v) is 3.99. The maximum atomic E-state index is 6.38. The number of rotatable bonds is 1. The summed E-state index contributed by atoms with van der Waals surface area (Å²) in [6, 6.07) is 9.97. The number of aromatic nitrogens is 2. The van der Waals surface area contributed by atoms with Crippen LogP contribution in [-0.4, -0.2) is 10.1 Å². The number of nitrogen functional groups attached to an aromatic ring is 1. The summed E-state index contributed by atoms with van der Waals surface area (Å²) in [6.07, 6.45) is 4.33. The lowest BCUT2D eigenvalue weighted by molar-refractivity contribution is 0.450. The monoisotopic (exact) mass is 265 g/mol. The molecule has 0 fully saturated rings. The Balaban J connectivity index is 2.01. The predicted molar refractivity (Wildman–Crippen MR) is 78.3 cm³/mol. The molecule has 0 atom stereocenters. The van der Waals surface area contributed by atoms with Gasteiger partial charge in [-0.05, 0) is 31.2 Å². The van der Waals surface area contributed by atoms with E-state index in [0.717, 1.165) is 40.9 Å². The van der Waals surface area contributed by atoms with Gasteiger partial charge in [0.1, 0.15) is 5.69 Å². The standard InChI is InChI=1S/C16H15N3O/c17-14-11-8-4-5-9-12(11)18-16-13(14)15(19-20-16)10-6-2-1-3-7-10/h1-3,6-7H,4-5,8-9H2,(H2,17,18). The molecule has 0 bridgehead atoms. The molecule has 2 N–H and O–H groups in total. The van der Waals surface area contributed by atoms with E-state index < -0.39 is 0 Å². The number of nitrogens with two attached hydrogens (primary N) is 1. The van der Waals surface area contributed by atoms with Gasteiger partial charge in [0.15, 0.2) is 0 Å². The summed E-state index contributed by atoms with van der Waals surface area (Å²) in [6.45, 7) is 0. The zero-order chi connectivity index (χ0) is 13.5. The molecular formula is C16H15N3O. The minimum atomic E-state index is 0.557. The minimum absolute atomic E-state index is 0.557. The normalized spacial score (nSPS) is 14.4. The highest BCUT2D eigenvalue weighted by atomic mass is 16.5. The fourth-order valence-electron chi connectivity index (χ4n) is 2.97. The highest BCUT2D eigenvalue weighted by Gasteiger charge is 2.22. The Morgan fingerprint density at radius 3 is 2.70 bits per heavy atom. The van der Waals surface area contributed by atoms with Crippen molar-refractivity contribution in [3.63, 3.8) is 0 Å². The lowest BCUT2D eigenvalue weighted by Crippen LogP contribution is -2.09. The smallest absolute Gasteiger partial charge is 0.260 e. The van der Waals surface area contributed by atoms with Crippen LogP contribution < -0.4 is 5.73 Å². The van der Waals surface area contributed by atoms with E-state index in [4.69, 9.17) is 10.3 Å². The number of nitrogens with zero attached hydrogens (tertiary/aromatic N) is 2. The predicted octanol–water partition coefficient (Wildman–Crippen LogP) is 3.35. The van der Waals surface area contributed by atoms with Crippen molar-refractivity contribution in [2.24, 2.45) is 0 Å². The van der Waals surface area contributed by atoms with Crippen molar-refractivity contribution in [3.05, 3.63) is 41.6 Å². The van der Waals surface area contributed by atoms with Gasteiger partial charge in [-0.15, -0.1) is 0 Å². The van der Waals surface area contributed by atoms with E-state index in [1.54, 1.807) is 0 Å². The first-order valence-corrected chi connectivity index (χ1v) is 6.96. The van der Waals surface area contributed by atoms with Gasteiger partial charge in [0.2, 0.25) is 0 Å². The van der Waals surface area contributed by atoms with Gasteiger partial charge >= 0.3 is 0 Å². The molecule has 4 rings (SSSR count). The third kappa shape index (κ3) is 1.61. The van der Waals surface area contributed by atoms with Gasteiger partial charge in [-0.1, -0.05) is 35.5 Å². The molecule has 100 valence electrons. The molecule has 2 aromatic heterocycles. The van der Waals surface area contributed by atoms with E-state index in [1.807, 2.05) is 30.3 Å². The summed E-state index contributed by atoms with van der Waals surface area (Å²) in [5, 5.41) is 5.04. The summed E-state index contributed by atoms with van der Waals surface area (Å²) in [4.78, 5) is 4.61. The average Bonchev–Trinajstić information content (AvgIpc) is 2.92. The van der Waals surface area contributed by atoms with Crippen molar-refractivity contribution in [3.8, 4) is 11.3 Å². The van der Waals surface area contributed by atoms with Crippen molar-refractivity contribution in [1.82, 2.24) is 10.1 Å². The Bertz CT molecular complexity index is 777. The second-order valence-electron chi connectivity index (χ2n) is 5.24. The van der Waals surface area contributed by atoms with E-state index in [2.05, 4.69) is 10.1 Å².